The van der Waals surface area contributed by atoms with Gasteiger partial charge in [-0.3, -0.25) is 0 Å². The Morgan fingerprint density at radius 2 is 1.92 bits per heavy atom. The first-order valence-electron chi connectivity index (χ1n) is 3.77. The summed E-state index contributed by atoms with van der Waals surface area (Å²) >= 11 is 0. The van der Waals surface area contributed by atoms with Crippen LogP contribution in [-0.4, -0.2) is 31.2 Å². The highest BCUT2D eigenvalue weighted by Crippen LogP contribution is 2.13. The summed E-state index contributed by atoms with van der Waals surface area (Å²) < 4.78 is 9.86. The van der Waals surface area contributed by atoms with Crippen molar-refractivity contribution in [3.63, 3.8) is 0 Å². The van der Waals surface area contributed by atoms with Crippen molar-refractivity contribution in [2.45, 2.75) is 32.2 Å². The fourth-order valence-electron chi connectivity index (χ4n) is 0.908. The Bertz CT molecular complexity index is 172. The van der Waals surface area contributed by atoms with E-state index in [0.717, 1.165) is 0 Å². The maximum absolute atomic E-state index is 9.61. The topological polar surface area (TPSA) is 38.7 Å². The van der Waals surface area contributed by atoms with E-state index in [1.54, 1.807) is 13.8 Å². The standard InChI is InChI=1S/C9H16O3/c1-5-6-9(2,10)7-8(11-3)12-4/h8,10H,7H2,1-4H3. The van der Waals surface area contributed by atoms with Gasteiger partial charge in [-0.25, -0.2) is 0 Å². The molecule has 0 spiro atoms. The van der Waals surface area contributed by atoms with Crippen LogP contribution in [0.25, 0.3) is 0 Å². The van der Waals surface area contributed by atoms with Crippen LogP contribution in [0.15, 0.2) is 0 Å². The second kappa shape index (κ2) is 5.15. The zero-order chi connectivity index (χ0) is 9.61. The fraction of sp³-hybridized carbons (Fsp3) is 0.778. The van der Waals surface area contributed by atoms with Gasteiger partial charge in [0.05, 0.1) is 0 Å². The summed E-state index contributed by atoms with van der Waals surface area (Å²) in [6, 6.07) is 0. The van der Waals surface area contributed by atoms with E-state index in [4.69, 9.17) is 9.47 Å². The third-order valence-corrected chi connectivity index (χ3v) is 1.48. The second-order valence-electron chi connectivity index (χ2n) is 2.75. The van der Waals surface area contributed by atoms with Gasteiger partial charge in [0.25, 0.3) is 0 Å². The summed E-state index contributed by atoms with van der Waals surface area (Å²) in [4.78, 5) is 0. The van der Waals surface area contributed by atoms with E-state index in [-0.39, 0.29) is 0 Å². The van der Waals surface area contributed by atoms with Gasteiger partial charge >= 0.3 is 0 Å². The molecule has 1 N–H and O–H groups in total. The molecule has 0 aromatic rings. The minimum atomic E-state index is -1.04. The highest BCUT2D eigenvalue weighted by Gasteiger charge is 2.22. The van der Waals surface area contributed by atoms with E-state index in [1.165, 1.54) is 14.2 Å². The van der Waals surface area contributed by atoms with Gasteiger partial charge in [-0.2, -0.15) is 0 Å². The highest BCUT2D eigenvalue weighted by atomic mass is 16.7. The second-order valence-corrected chi connectivity index (χ2v) is 2.75. The highest BCUT2D eigenvalue weighted by molar-refractivity contribution is 5.10. The number of ether oxygens (including phenoxy) is 2. The van der Waals surface area contributed by atoms with E-state index < -0.39 is 11.9 Å². The molecule has 0 aliphatic carbocycles. The van der Waals surface area contributed by atoms with Crippen LogP contribution in [0.4, 0.5) is 0 Å². The van der Waals surface area contributed by atoms with E-state index in [0.29, 0.717) is 6.42 Å². The molecule has 0 aromatic carbocycles. The van der Waals surface area contributed by atoms with Gasteiger partial charge in [0.1, 0.15) is 5.60 Å². The van der Waals surface area contributed by atoms with E-state index >= 15 is 0 Å². The zero-order valence-corrected chi connectivity index (χ0v) is 8.05. The number of hydrogen-bond acceptors (Lipinski definition) is 3. The summed E-state index contributed by atoms with van der Waals surface area (Å²) in [5.41, 5.74) is -1.04. The molecule has 0 aliphatic rings. The van der Waals surface area contributed by atoms with Gasteiger partial charge in [-0.1, -0.05) is 5.92 Å². The summed E-state index contributed by atoms with van der Waals surface area (Å²) in [6.07, 6.45) is -0.0539. The summed E-state index contributed by atoms with van der Waals surface area (Å²) in [6.45, 7) is 3.32. The van der Waals surface area contributed by atoms with Gasteiger partial charge in [0.15, 0.2) is 6.29 Å². The summed E-state index contributed by atoms with van der Waals surface area (Å²) in [5.74, 6) is 5.32. The lowest BCUT2D eigenvalue weighted by molar-refractivity contribution is -0.129. The Balaban J connectivity index is 4.08. The van der Waals surface area contributed by atoms with Crippen LogP contribution in [0.2, 0.25) is 0 Å². The van der Waals surface area contributed by atoms with Crippen LogP contribution in [-0.2, 0) is 9.47 Å². The Hall–Kier alpha value is -0.560. The smallest absolute Gasteiger partial charge is 0.160 e. The van der Waals surface area contributed by atoms with Gasteiger partial charge in [-0.15, -0.1) is 5.92 Å². The fourth-order valence-corrected chi connectivity index (χ4v) is 0.908. The van der Waals surface area contributed by atoms with Gasteiger partial charge in [-0.05, 0) is 13.8 Å². The van der Waals surface area contributed by atoms with Crippen LogP contribution in [0.3, 0.4) is 0 Å². The summed E-state index contributed by atoms with van der Waals surface area (Å²) in [7, 11) is 3.06. The number of aliphatic hydroxyl groups is 1. The van der Waals surface area contributed by atoms with Crippen LogP contribution in [0.1, 0.15) is 20.3 Å². The SMILES string of the molecule is CC#CC(C)(O)CC(OC)OC. The van der Waals surface area contributed by atoms with E-state index in [2.05, 4.69) is 11.8 Å². The molecule has 0 aromatic heterocycles. The Kier molecular flexibility index (Phi) is 4.91. The quantitative estimate of drug-likeness (QED) is 0.503. The molecular formula is C9H16O3. The largest absolute Gasteiger partial charge is 0.378 e. The maximum atomic E-state index is 9.61. The predicted octanol–water partition coefficient (Wildman–Crippen LogP) is 0.770. The van der Waals surface area contributed by atoms with Gasteiger partial charge in [0, 0.05) is 20.6 Å². The third-order valence-electron chi connectivity index (χ3n) is 1.48. The van der Waals surface area contributed by atoms with Crippen LogP contribution in [0.5, 0.6) is 0 Å². The monoisotopic (exact) mass is 172 g/mol. The Labute approximate surface area is 73.7 Å². The average Bonchev–Trinajstić information content (AvgIpc) is 2.00. The molecule has 3 heteroatoms. The minimum Gasteiger partial charge on any atom is -0.378 e. The molecule has 0 rings (SSSR count). The molecule has 0 saturated carbocycles. The van der Waals surface area contributed by atoms with Crippen molar-refractivity contribution >= 4 is 0 Å². The average molecular weight is 172 g/mol. The lowest BCUT2D eigenvalue weighted by Crippen LogP contribution is -2.30. The number of hydrogen-bond donors (Lipinski definition) is 1. The predicted molar refractivity (Wildman–Crippen MR) is 46.5 cm³/mol. The first-order valence-corrected chi connectivity index (χ1v) is 3.77. The molecule has 12 heavy (non-hydrogen) atoms. The molecule has 0 amide bonds. The normalized spacial score (nSPS) is 15.2. The molecule has 70 valence electrons. The van der Waals surface area contributed by atoms with Crippen molar-refractivity contribution in [2.24, 2.45) is 0 Å². The maximum Gasteiger partial charge on any atom is 0.160 e. The zero-order valence-electron chi connectivity index (χ0n) is 8.05. The summed E-state index contributed by atoms with van der Waals surface area (Å²) in [5, 5.41) is 9.61. The van der Waals surface area contributed by atoms with Crippen LogP contribution < -0.4 is 0 Å². The van der Waals surface area contributed by atoms with E-state index in [1.807, 2.05) is 0 Å². The molecule has 0 fully saturated rings. The lowest BCUT2D eigenvalue weighted by Gasteiger charge is -2.21. The first kappa shape index (κ1) is 11.4. The molecule has 0 bridgehead atoms. The van der Waals surface area contributed by atoms with Crippen LogP contribution >= 0.6 is 0 Å². The Morgan fingerprint density at radius 1 is 1.42 bits per heavy atom. The Morgan fingerprint density at radius 3 is 2.25 bits per heavy atom. The van der Waals surface area contributed by atoms with Crippen molar-refractivity contribution in [1.29, 1.82) is 0 Å². The molecule has 0 heterocycles. The molecule has 0 aliphatic heterocycles. The van der Waals surface area contributed by atoms with E-state index in [9.17, 15) is 5.11 Å². The molecule has 0 saturated heterocycles. The van der Waals surface area contributed by atoms with Gasteiger partial charge in [0.2, 0.25) is 0 Å². The third kappa shape index (κ3) is 4.35. The molecule has 1 atom stereocenters. The molecule has 0 radical (unpaired) electrons. The van der Waals surface area contributed by atoms with Gasteiger partial charge < -0.3 is 14.6 Å². The first-order chi connectivity index (χ1) is 5.55. The van der Waals surface area contributed by atoms with Crippen molar-refractivity contribution in [1.82, 2.24) is 0 Å². The lowest BCUT2D eigenvalue weighted by atomic mass is 10.0. The molecule has 3 nitrogen and oxygen atoms in total. The van der Waals surface area contributed by atoms with Crippen molar-refractivity contribution in [2.75, 3.05) is 14.2 Å². The van der Waals surface area contributed by atoms with Crippen molar-refractivity contribution in [3.8, 4) is 11.8 Å². The minimum absolute atomic E-state index is 0.348. The number of methoxy groups -OCH3 is 2. The van der Waals surface area contributed by atoms with Crippen LogP contribution in [0, 0.1) is 11.8 Å². The van der Waals surface area contributed by atoms with Crippen molar-refractivity contribution < 1.29 is 14.6 Å². The molecule has 1 unspecified atom stereocenters. The number of rotatable bonds is 4. The van der Waals surface area contributed by atoms with Crippen molar-refractivity contribution in [3.05, 3.63) is 0 Å². The molecular weight excluding hydrogens is 156 g/mol.